The Balaban J connectivity index is 2.38. The molecule has 1 aliphatic rings. The summed E-state index contributed by atoms with van der Waals surface area (Å²) in [5.74, 6) is 1.06. The third-order valence-electron chi connectivity index (χ3n) is 2.75. The number of halogens is 1. The molecule has 0 heterocycles. The summed E-state index contributed by atoms with van der Waals surface area (Å²) in [4.78, 5) is 10.9. The summed E-state index contributed by atoms with van der Waals surface area (Å²) in [6, 6.07) is 0. The minimum atomic E-state index is -0.253. The van der Waals surface area contributed by atoms with Crippen molar-refractivity contribution in [3.8, 4) is 0 Å². The van der Waals surface area contributed by atoms with E-state index in [1.165, 1.54) is 6.42 Å². The van der Waals surface area contributed by atoms with Crippen molar-refractivity contribution in [2.75, 3.05) is 0 Å². The lowest BCUT2D eigenvalue weighted by atomic mass is 9.97. The van der Waals surface area contributed by atoms with Crippen LogP contribution >= 0.6 is 11.6 Å². The second-order valence-electron chi connectivity index (χ2n) is 3.90. The van der Waals surface area contributed by atoms with Crippen LogP contribution in [-0.4, -0.2) is 11.3 Å². The molecule has 0 saturated heterocycles. The van der Waals surface area contributed by atoms with E-state index in [2.05, 4.69) is 6.92 Å². The molecule has 0 aromatic rings. The van der Waals surface area contributed by atoms with Crippen molar-refractivity contribution >= 4 is 17.5 Å². The number of nitrogens with two attached hydrogens (primary N) is 1. The average molecular weight is 190 g/mol. The van der Waals surface area contributed by atoms with Gasteiger partial charge in [-0.3, -0.25) is 4.79 Å². The van der Waals surface area contributed by atoms with Gasteiger partial charge in [0.2, 0.25) is 5.91 Å². The van der Waals surface area contributed by atoms with Gasteiger partial charge in [0.1, 0.15) is 0 Å². The van der Waals surface area contributed by atoms with Gasteiger partial charge in [0, 0.05) is 5.38 Å². The monoisotopic (exact) mass is 189 g/mol. The minimum absolute atomic E-state index is 0.129. The molecular formula is C9H16ClNO. The lowest BCUT2D eigenvalue weighted by molar-refractivity contribution is -0.122. The first-order valence-corrected chi connectivity index (χ1v) is 4.89. The van der Waals surface area contributed by atoms with Crippen LogP contribution in [0.25, 0.3) is 0 Å². The van der Waals surface area contributed by atoms with Gasteiger partial charge in [0.15, 0.2) is 0 Å². The number of primary amides is 1. The number of alkyl halides is 1. The van der Waals surface area contributed by atoms with E-state index in [1.54, 1.807) is 0 Å². The van der Waals surface area contributed by atoms with E-state index in [-0.39, 0.29) is 17.2 Å². The van der Waals surface area contributed by atoms with E-state index < -0.39 is 0 Å². The Labute approximate surface area is 78.5 Å². The normalized spacial score (nSPS) is 32.6. The molecule has 0 aromatic carbocycles. The van der Waals surface area contributed by atoms with Gasteiger partial charge in [-0.1, -0.05) is 6.92 Å². The smallest absolute Gasteiger partial charge is 0.222 e. The molecule has 4 unspecified atom stereocenters. The Bertz CT molecular complexity index is 181. The maximum absolute atomic E-state index is 10.9. The van der Waals surface area contributed by atoms with Crippen LogP contribution in [0.5, 0.6) is 0 Å². The quantitative estimate of drug-likeness (QED) is 0.673. The van der Waals surface area contributed by atoms with Gasteiger partial charge in [-0.2, -0.15) is 0 Å². The number of hydrogen-bond acceptors (Lipinski definition) is 1. The average Bonchev–Trinajstić information content (AvgIpc) is 2.60. The highest BCUT2D eigenvalue weighted by atomic mass is 35.5. The van der Waals surface area contributed by atoms with Crippen molar-refractivity contribution in [1.29, 1.82) is 0 Å². The van der Waals surface area contributed by atoms with Crippen LogP contribution in [0.2, 0.25) is 0 Å². The Hall–Kier alpha value is -0.240. The van der Waals surface area contributed by atoms with E-state index in [4.69, 9.17) is 17.3 Å². The highest BCUT2D eigenvalue weighted by molar-refractivity contribution is 6.21. The molecule has 3 heteroatoms. The fourth-order valence-electron chi connectivity index (χ4n) is 1.58. The van der Waals surface area contributed by atoms with Crippen LogP contribution < -0.4 is 5.73 Å². The maximum Gasteiger partial charge on any atom is 0.222 e. The molecule has 70 valence electrons. The fourth-order valence-corrected chi connectivity index (χ4v) is 1.81. The molecule has 0 radical (unpaired) electrons. The first-order chi connectivity index (χ1) is 5.52. The molecule has 0 bridgehead atoms. The van der Waals surface area contributed by atoms with Crippen molar-refractivity contribution in [2.45, 2.75) is 32.1 Å². The Morgan fingerprint density at radius 3 is 2.50 bits per heavy atom. The van der Waals surface area contributed by atoms with Gasteiger partial charge in [0.05, 0.1) is 5.92 Å². The lowest BCUT2D eigenvalue weighted by Gasteiger charge is -2.14. The van der Waals surface area contributed by atoms with Crippen LogP contribution in [0.1, 0.15) is 26.7 Å². The van der Waals surface area contributed by atoms with Gasteiger partial charge < -0.3 is 5.73 Å². The Kier molecular flexibility index (Phi) is 2.99. The molecule has 1 amide bonds. The minimum Gasteiger partial charge on any atom is -0.369 e. The van der Waals surface area contributed by atoms with E-state index in [1.807, 2.05) is 6.92 Å². The molecule has 0 spiro atoms. The highest BCUT2D eigenvalue weighted by Crippen LogP contribution is 2.43. The van der Waals surface area contributed by atoms with Crippen LogP contribution in [0.3, 0.4) is 0 Å². The second kappa shape index (κ2) is 3.65. The molecule has 2 N–H and O–H groups in total. The zero-order valence-electron chi connectivity index (χ0n) is 7.59. The molecule has 0 aliphatic heterocycles. The predicted molar refractivity (Wildman–Crippen MR) is 49.9 cm³/mol. The van der Waals surface area contributed by atoms with Crippen molar-refractivity contribution in [1.82, 2.24) is 0 Å². The number of rotatable bonds is 4. The summed E-state index contributed by atoms with van der Waals surface area (Å²) in [5, 5.41) is -0.129. The van der Waals surface area contributed by atoms with Gasteiger partial charge in [-0.25, -0.2) is 0 Å². The molecule has 1 saturated carbocycles. The van der Waals surface area contributed by atoms with Crippen molar-refractivity contribution in [3.05, 3.63) is 0 Å². The zero-order valence-corrected chi connectivity index (χ0v) is 8.34. The Morgan fingerprint density at radius 1 is 1.75 bits per heavy atom. The lowest BCUT2D eigenvalue weighted by Crippen LogP contribution is -2.29. The van der Waals surface area contributed by atoms with E-state index in [9.17, 15) is 4.79 Å². The summed E-state index contributed by atoms with van der Waals surface area (Å²) < 4.78 is 0. The van der Waals surface area contributed by atoms with Crippen molar-refractivity contribution in [2.24, 2.45) is 23.5 Å². The van der Waals surface area contributed by atoms with E-state index in [0.717, 1.165) is 12.3 Å². The molecule has 0 aromatic heterocycles. The van der Waals surface area contributed by atoms with Crippen LogP contribution in [-0.2, 0) is 4.79 Å². The van der Waals surface area contributed by atoms with E-state index in [0.29, 0.717) is 5.92 Å². The summed E-state index contributed by atoms with van der Waals surface area (Å²) in [7, 11) is 0. The number of carbonyl (C=O) groups excluding carboxylic acids is 1. The molecule has 1 fully saturated rings. The largest absolute Gasteiger partial charge is 0.369 e. The Morgan fingerprint density at radius 2 is 2.25 bits per heavy atom. The predicted octanol–water partition coefficient (Wildman–Crippen LogP) is 1.76. The maximum atomic E-state index is 10.9. The second-order valence-corrected chi connectivity index (χ2v) is 4.58. The van der Waals surface area contributed by atoms with Crippen molar-refractivity contribution < 1.29 is 4.79 Å². The van der Waals surface area contributed by atoms with Crippen LogP contribution in [0.15, 0.2) is 0 Å². The van der Waals surface area contributed by atoms with Crippen molar-refractivity contribution in [3.63, 3.8) is 0 Å². The zero-order chi connectivity index (χ0) is 9.30. The molecule has 1 aliphatic carbocycles. The first-order valence-electron chi connectivity index (χ1n) is 4.45. The van der Waals surface area contributed by atoms with Gasteiger partial charge in [-0.15, -0.1) is 11.6 Å². The molecule has 4 atom stereocenters. The van der Waals surface area contributed by atoms with E-state index >= 15 is 0 Å². The summed E-state index contributed by atoms with van der Waals surface area (Å²) in [6.07, 6.45) is 2.11. The standard InChI is InChI=1S/C9H16ClNO/c1-5-3-7(5)4-8(6(2)10)9(11)12/h5-8H,3-4H2,1-2H3,(H2,11,12). The third-order valence-corrected chi connectivity index (χ3v) is 3.06. The SMILES string of the molecule is CC(Cl)C(CC1CC1C)C(N)=O. The molecule has 12 heavy (non-hydrogen) atoms. The number of carbonyl (C=O) groups is 1. The summed E-state index contributed by atoms with van der Waals surface area (Å²) in [6.45, 7) is 4.03. The highest BCUT2D eigenvalue weighted by Gasteiger charge is 2.37. The molecular weight excluding hydrogens is 174 g/mol. The summed E-state index contributed by atoms with van der Waals surface area (Å²) in [5.41, 5.74) is 5.24. The van der Waals surface area contributed by atoms with Crippen LogP contribution in [0.4, 0.5) is 0 Å². The fraction of sp³-hybridized carbons (Fsp3) is 0.889. The number of hydrogen-bond donors (Lipinski definition) is 1. The first kappa shape index (κ1) is 9.85. The molecule has 2 nitrogen and oxygen atoms in total. The molecule has 1 rings (SSSR count). The van der Waals surface area contributed by atoms with Gasteiger partial charge >= 0.3 is 0 Å². The van der Waals surface area contributed by atoms with Gasteiger partial charge in [0.25, 0.3) is 0 Å². The topological polar surface area (TPSA) is 43.1 Å². The summed E-state index contributed by atoms with van der Waals surface area (Å²) >= 11 is 5.86. The number of amides is 1. The van der Waals surface area contributed by atoms with Crippen LogP contribution in [0, 0.1) is 17.8 Å². The van der Waals surface area contributed by atoms with Gasteiger partial charge in [-0.05, 0) is 31.6 Å². The third kappa shape index (κ3) is 2.37.